The van der Waals surface area contributed by atoms with Gasteiger partial charge in [0.15, 0.2) is 0 Å². The Morgan fingerprint density at radius 1 is 1.10 bits per heavy atom. The number of aromatic nitrogens is 2. The van der Waals surface area contributed by atoms with Gasteiger partial charge in [0.1, 0.15) is 5.82 Å². The van der Waals surface area contributed by atoms with E-state index in [4.69, 9.17) is 0 Å². The van der Waals surface area contributed by atoms with E-state index < -0.39 is 0 Å². The summed E-state index contributed by atoms with van der Waals surface area (Å²) in [5.74, 6) is 0.566. The van der Waals surface area contributed by atoms with Crippen molar-refractivity contribution in [3.05, 3.63) is 60.9 Å². The van der Waals surface area contributed by atoms with Gasteiger partial charge in [-0.1, -0.05) is 24.3 Å². The van der Waals surface area contributed by atoms with Crippen LogP contribution < -0.4 is 5.32 Å². The van der Waals surface area contributed by atoms with Gasteiger partial charge in [-0.25, -0.2) is 4.98 Å². The fourth-order valence-corrected chi connectivity index (χ4v) is 2.20. The third-order valence-corrected chi connectivity index (χ3v) is 3.19. The minimum Gasteiger partial charge on any atom is -0.347 e. The summed E-state index contributed by atoms with van der Waals surface area (Å²) in [5.41, 5.74) is 1.15. The largest absolute Gasteiger partial charge is 0.347 e. The van der Waals surface area contributed by atoms with Crippen LogP contribution in [0.5, 0.6) is 0 Å². The standard InChI is InChI=1S/C16H15N3O/c20-16(18-15-7-3-4-10-17-15)9-12-19-11-8-13-5-1-2-6-14(13)19/h1-8,10-11H,9,12H2,(H,17,18,20). The fourth-order valence-electron chi connectivity index (χ4n) is 2.20. The summed E-state index contributed by atoms with van der Waals surface area (Å²) < 4.78 is 2.09. The Bertz CT molecular complexity index is 719. The number of carbonyl (C=O) groups is 1. The van der Waals surface area contributed by atoms with Crippen LogP contribution in [0.2, 0.25) is 0 Å². The van der Waals surface area contributed by atoms with E-state index in [1.165, 1.54) is 5.39 Å². The smallest absolute Gasteiger partial charge is 0.227 e. The lowest BCUT2D eigenvalue weighted by atomic mass is 10.2. The number of nitrogens with one attached hydrogen (secondary N) is 1. The van der Waals surface area contributed by atoms with E-state index >= 15 is 0 Å². The molecule has 0 saturated carbocycles. The Kier molecular flexibility index (Phi) is 3.46. The van der Waals surface area contributed by atoms with Crippen LogP contribution >= 0.6 is 0 Å². The van der Waals surface area contributed by atoms with Gasteiger partial charge in [0.2, 0.25) is 5.91 Å². The molecular formula is C16H15N3O. The van der Waals surface area contributed by atoms with E-state index in [1.807, 2.05) is 30.5 Å². The topological polar surface area (TPSA) is 46.9 Å². The van der Waals surface area contributed by atoms with Crippen LogP contribution in [-0.2, 0) is 11.3 Å². The van der Waals surface area contributed by atoms with E-state index in [0.717, 1.165) is 5.52 Å². The summed E-state index contributed by atoms with van der Waals surface area (Å²) in [6, 6.07) is 15.7. The first kappa shape index (κ1) is 12.4. The maximum Gasteiger partial charge on any atom is 0.227 e. The molecule has 1 N–H and O–H groups in total. The van der Waals surface area contributed by atoms with Crippen LogP contribution in [0.1, 0.15) is 6.42 Å². The molecule has 0 fully saturated rings. The van der Waals surface area contributed by atoms with E-state index in [2.05, 4.69) is 33.1 Å². The Morgan fingerprint density at radius 2 is 1.95 bits per heavy atom. The van der Waals surface area contributed by atoms with Crippen molar-refractivity contribution in [3.8, 4) is 0 Å². The molecule has 3 rings (SSSR count). The van der Waals surface area contributed by atoms with Gasteiger partial charge < -0.3 is 9.88 Å². The van der Waals surface area contributed by atoms with E-state index in [9.17, 15) is 4.79 Å². The molecule has 2 aromatic heterocycles. The zero-order valence-corrected chi connectivity index (χ0v) is 11.0. The lowest BCUT2D eigenvalue weighted by molar-refractivity contribution is -0.116. The molecule has 1 amide bonds. The molecule has 0 aliphatic heterocycles. The molecule has 0 saturated heterocycles. The number of nitrogens with zero attached hydrogens (tertiary/aromatic N) is 2. The van der Waals surface area contributed by atoms with Crippen molar-refractivity contribution in [2.24, 2.45) is 0 Å². The second kappa shape index (κ2) is 5.57. The number of fused-ring (bicyclic) bond motifs is 1. The van der Waals surface area contributed by atoms with Crippen molar-refractivity contribution in [1.29, 1.82) is 0 Å². The van der Waals surface area contributed by atoms with E-state index in [1.54, 1.807) is 12.3 Å². The monoisotopic (exact) mass is 265 g/mol. The fraction of sp³-hybridized carbons (Fsp3) is 0.125. The average Bonchev–Trinajstić information content (AvgIpc) is 2.89. The summed E-state index contributed by atoms with van der Waals surface area (Å²) in [7, 11) is 0. The van der Waals surface area contributed by atoms with Gasteiger partial charge in [0.05, 0.1) is 0 Å². The number of benzene rings is 1. The van der Waals surface area contributed by atoms with Crippen molar-refractivity contribution >= 4 is 22.6 Å². The molecule has 0 radical (unpaired) electrons. The minimum absolute atomic E-state index is 0.0264. The highest BCUT2D eigenvalue weighted by Gasteiger charge is 2.05. The van der Waals surface area contributed by atoms with Gasteiger partial charge in [-0.3, -0.25) is 4.79 Å². The van der Waals surface area contributed by atoms with Crippen LogP contribution in [0, 0.1) is 0 Å². The third-order valence-electron chi connectivity index (χ3n) is 3.19. The van der Waals surface area contributed by atoms with Gasteiger partial charge in [-0.2, -0.15) is 0 Å². The van der Waals surface area contributed by atoms with E-state index in [0.29, 0.717) is 18.8 Å². The highest BCUT2D eigenvalue weighted by Crippen LogP contribution is 2.15. The molecule has 20 heavy (non-hydrogen) atoms. The zero-order chi connectivity index (χ0) is 13.8. The van der Waals surface area contributed by atoms with Gasteiger partial charge in [0.25, 0.3) is 0 Å². The van der Waals surface area contributed by atoms with Crippen molar-refractivity contribution < 1.29 is 4.79 Å². The summed E-state index contributed by atoms with van der Waals surface area (Å²) >= 11 is 0. The van der Waals surface area contributed by atoms with E-state index in [-0.39, 0.29) is 5.91 Å². The SMILES string of the molecule is O=C(CCn1ccc2ccccc21)Nc1ccccn1. The summed E-state index contributed by atoms with van der Waals surface area (Å²) in [6.07, 6.45) is 4.10. The van der Waals surface area contributed by atoms with Gasteiger partial charge >= 0.3 is 0 Å². The molecule has 0 aliphatic rings. The van der Waals surface area contributed by atoms with Crippen molar-refractivity contribution in [2.45, 2.75) is 13.0 Å². The first-order chi connectivity index (χ1) is 9.83. The number of amides is 1. The Hall–Kier alpha value is -2.62. The van der Waals surface area contributed by atoms with Gasteiger partial charge in [-0.05, 0) is 29.7 Å². The van der Waals surface area contributed by atoms with Crippen LogP contribution in [0.25, 0.3) is 10.9 Å². The first-order valence-electron chi connectivity index (χ1n) is 6.58. The van der Waals surface area contributed by atoms with Gasteiger partial charge in [-0.15, -0.1) is 0 Å². The lowest BCUT2D eigenvalue weighted by Gasteiger charge is -2.06. The Balaban J connectivity index is 1.63. The maximum absolute atomic E-state index is 11.9. The Morgan fingerprint density at radius 3 is 2.80 bits per heavy atom. The number of hydrogen-bond acceptors (Lipinski definition) is 2. The van der Waals surface area contributed by atoms with Crippen molar-refractivity contribution in [3.63, 3.8) is 0 Å². The average molecular weight is 265 g/mol. The maximum atomic E-state index is 11.9. The van der Waals surface area contributed by atoms with Crippen LogP contribution in [0.15, 0.2) is 60.9 Å². The second-order valence-electron chi connectivity index (χ2n) is 4.58. The number of anilines is 1. The highest BCUT2D eigenvalue weighted by atomic mass is 16.1. The van der Waals surface area contributed by atoms with Crippen molar-refractivity contribution in [2.75, 3.05) is 5.32 Å². The molecule has 4 nitrogen and oxygen atoms in total. The molecule has 0 aliphatic carbocycles. The molecule has 4 heteroatoms. The molecule has 100 valence electrons. The predicted octanol–water partition coefficient (Wildman–Crippen LogP) is 3.07. The van der Waals surface area contributed by atoms with Crippen molar-refractivity contribution in [1.82, 2.24) is 9.55 Å². The van der Waals surface area contributed by atoms with Gasteiger partial charge in [0, 0.05) is 30.9 Å². The number of rotatable bonds is 4. The zero-order valence-electron chi connectivity index (χ0n) is 11.0. The number of carbonyl (C=O) groups excluding carboxylic acids is 1. The van der Waals surface area contributed by atoms with Crippen LogP contribution in [-0.4, -0.2) is 15.5 Å². The minimum atomic E-state index is -0.0264. The summed E-state index contributed by atoms with van der Waals surface area (Å²) in [4.78, 5) is 16.0. The lowest BCUT2D eigenvalue weighted by Crippen LogP contribution is -2.14. The predicted molar refractivity (Wildman–Crippen MR) is 79.4 cm³/mol. The molecule has 2 heterocycles. The Labute approximate surface area is 117 Å². The number of aryl methyl sites for hydroxylation is 1. The molecule has 0 bridgehead atoms. The third kappa shape index (κ3) is 2.69. The molecule has 0 spiro atoms. The van der Waals surface area contributed by atoms with Crippen LogP contribution in [0.3, 0.4) is 0 Å². The molecule has 1 aromatic carbocycles. The number of para-hydroxylation sites is 1. The van der Waals surface area contributed by atoms with Crippen LogP contribution in [0.4, 0.5) is 5.82 Å². The highest BCUT2D eigenvalue weighted by molar-refractivity contribution is 5.89. The number of pyridine rings is 1. The molecule has 0 unspecified atom stereocenters. The molecule has 3 aromatic rings. The molecule has 0 atom stereocenters. The second-order valence-corrected chi connectivity index (χ2v) is 4.58. The number of hydrogen-bond donors (Lipinski definition) is 1. The quantitative estimate of drug-likeness (QED) is 0.788. The first-order valence-corrected chi connectivity index (χ1v) is 6.58. The summed E-state index contributed by atoms with van der Waals surface area (Å²) in [6.45, 7) is 0.659. The normalized spacial score (nSPS) is 10.6. The summed E-state index contributed by atoms with van der Waals surface area (Å²) in [5, 5.41) is 3.98. The molecular weight excluding hydrogens is 250 g/mol.